The Balaban J connectivity index is 1.38. The Hall–Kier alpha value is -2.69. The van der Waals surface area contributed by atoms with E-state index >= 15 is 0 Å². The smallest absolute Gasteiger partial charge is 0.246 e. The summed E-state index contributed by atoms with van der Waals surface area (Å²) in [7, 11) is 1.73. The first kappa shape index (κ1) is 26.9. The van der Waals surface area contributed by atoms with E-state index in [-0.39, 0.29) is 41.6 Å². The lowest BCUT2D eigenvalue weighted by Crippen LogP contribution is -2.56. The minimum atomic E-state index is -0.593. The van der Waals surface area contributed by atoms with Gasteiger partial charge in [-0.25, -0.2) is 9.37 Å². The van der Waals surface area contributed by atoms with Gasteiger partial charge in [-0.2, -0.15) is 0 Å². The minimum Gasteiger partial charge on any atom is -0.381 e. The van der Waals surface area contributed by atoms with Crippen LogP contribution in [0, 0.1) is 11.8 Å². The Labute approximate surface area is 227 Å². The van der Waals surface area contributed by atoms with Crippen LogP contribution < -0.4 is 10.6 Å². The lowest BCUT2D eigenvalue weighted by molar-refractivity contribution is -0.140. The second kappa shape index (κ2) is 11.6. The number of rotatable bonds is 7. The van der Waals surface area contributed by atoms with Gasteiger partial charge in [0.05, 0.1) is 23.8 Å². The predicted molar refractivity (Wildman–Crippen MR) is 146 cm³/mol. The molecule has 0 spiro atoms. The van der Waals surface area contributed by atoms with E-state index in [1.54, 1.807) is 26.1 Å². The maximum absolute atomic E-state index is 14.1. The normalized spacial score (nSPS) is 27.2. The summed E-state index contributed by atoms with van der Waals surface area (Å²) >= 11 is 1.54. The van der Waals surface area contributed by atoms with E-state index < -0.39 is 12.1 Å². The summed E-state index contributed by atoms with van der Waals surface area (Å²) in [4.78, 5) is 38.3. The van der Waals surface area contributed by atoms with Gasteiger partial charge in [-0.1, -0.05) is 6.08 Å². The summed E-state index contributed by atoms with van der Waals surface area (Å²) in [6.45, 7) is 5.55. The molecule has 8 nitrogen and oxygen atoms in total. The van der Waals surface area contributed by atoms with E-state index in [0.717, 1.165) is 47.7 Å². The molecule has 2 unspecified atom stereocenters. The zero-order valence-corrected chi connectivity index (χ0v) is 23.0. The molecule has 0 saturated carbocycles. The highest BCUT2D eigenvalue weighted by Gasteiger charge is 2.40. The van der Waals surface area contributed by atoms with Gasteiger partial charge in [0.25, 0.3) is 0 Å². The maximum atomic E-state index is 14.1. The molecule has 2 fully saturated rings. The SMILES string of the molecule is CN[C@@H](C)C(=O)N[C@H](C(=O)N1CCC[C@H]1c1nc(C2=CC(C)=NC3C=CC(F)=CC23)cs1)C1CCOCC1. The molecule has 1 aliphatic carbocycles. The molecule has 0 bridgehead atoms. The molecule has 5 atom stereocenters. The number of halogens is 1. The van der Waals surface area contributed by atoms with Crippen LogP contribution in [-0.4, -0.2) is 72.3 Å². The fraction of sp³-hybridized carbons (Fsp3) is 0.571. The summed E-state index contributed by atoms with van der Waals surface area (Å²) in [6, 6.07) is -1.26. The number of carbonyl (C=O) groups is 2. The third-order valence-electron chi connectivity index (χ3n) is 8.00. The van der Waals surface area contributed by atoms with E-state index in [1.165, 1.54) is 17.4 Å². The van der Waals surface area contributed by atoms with Crippen LogP contribution in [0.1, 0.15) is 56.3 Å². The van der Waals surface area contributed by atoms with Crippen molar-refractivity contribution in [1.29, 1.82) is 0 Å². The number of carbonyl (C=O) groups excluding carboxylic acids is 2. The molecule has 4 aliphatic rings. The maximum Gasteiger partial charge on any atom is 0.246 e. The van der Waals surface area contributed by atoms with E-state index in [4.69, 9.17) is 9.72 Å². The molecule has 2 N–H and O–H groups in total. The van der Waals surface area contributed by atoms with Crippen molar-refractivity contribution in [2.24, 2.45) is 16.8 Å². The van der Waals surface area contributed by atoms with Gasteiger partial charge in [-0.05, 0) is 76.3 Å². The second-order valence-electron chi connectivity index (χ2n) is 10.5. The van der Waals surface area contributed by atoms with Crippen LogP contribution in [0.5, 0.6) is 0 Å². The van der Waals surface area contributed by atoms with Crippen molar-refractivity contribution in [3.05, 3.63) is 46.2 Å². The number of fused-ring (bicyclic) bond motifs is 1. The van der Waals surface area contributed by atoms with Gasteiger partial charge >= 0.3 is 0 Å². The summed E-state index contributed by atoms with van der Waals surface area (Å²) in [5, 5.41) is 8.89. The first-order valence-electron chi connectivity index (χ1n) is 13.5. The Bertz CT molecular complexity index is 1180. The number of hydrogen-bond acceptors (Lipinski definition) is 7. The summed E-state index contributed by atoms with van der Waals surface area (Å²) in [5.74, 6) is -0.645. The van der Waals surface area contributed by atoms with Gasteiger partial charge in [0, 0.05) is 36.8 Å². The lowest BCUT2D eigenvalue weighted by Gasteiger charge is -2.35. The summed E-state index contributed by atoms with van der Waals surface area (Å²) < 4.78 is 19.6. The number of aliphatic imine (C=N–C) groups is 1. The molecule has 1 aromatic rings. The molecule has 0 aromatic carbocycles. The zero-order chi connectivity index (χ0) is 26.8. The van der Waals surface area contributed by atoms with Crippen molar-refractivity contribution in [1.82, 2.24) is 20.5 Å². The van der Waals surface area contributed by atoms with Crippen LogP contribution in [0.15, 0.2) is 40.5 Å². The number of nitrogens with one attached hydrogen (secondary N) is 2. The molecule has 10 heteroatoms. The molecule has 3 aliphatic heterocycles. The average Bonchev–Trinajstić information content (AvgIpc) is 3.61. The van der Waals surface area contributed by atoms with Gasteiger partial charge in [-0.15, -0.1) is 11.3 Å². The Kier molecular flexibility index (Phi) is 8.20. The molecule has 4 heterocycles. The summed E-state index contributed by atoms with van der Waals surface area (Å²) in [6.07, 6.45) is 10.1. The van der Waals surface area contributed by atoms with Crippen molar-refractivity contribution < 1.29 is 18.7 Å². The highest BCUT2D eigenvalue weighted by molar-refractivity contribution is 7.09. The highest BCUT2D eigenvalue weighted by atomic mass is 32.1. The van der Waals surface area contributed by atoms with Gasteiger partial charge < -0.3 is 20.3 Å². The van der Waals surface area contributed by atoms with Gasteiger partial charge in [0.2, 0.25) is 11.8 Å². The number of aromatic nitrogens is 1. The molecule has 2 saturated heterocycles. The third-order valence-corrected chi connectivity index (χ3v) is 8.95. The number of likely N-dealkylation sites (tertiary alicyclic amines) is 1. The highest BCUT2D eigenvalue weighted by Crippen LogP contribution is 2.40. The van der Waals surface area contributed by atoms with Crippen LogP contribution in [-0.2, 0) is 14.3 Å². The molecule has 5 rings (SSSR count). The van der Waals surface area contributed by atoms with E-state index in [0.29, 0.717) is 19.8 Å². The summed E-state index contributed by atoms with van der Waals surface area (Å²) in [5.41, 5.74) is 2.65. The molecular formula is C28H36FN5O3S. The molecule has 204 valence electrons. The molecule has 0 radical (unpaired) electrons. The molecule has 38 heavy (non-hydrogen) atoms. The van der Waals surface area contributed by atoms with Gasteiger partial charge in [0.1, 0.15) is 16.9 Å². The van der Waals surface area contributed by atoms with Crippen molar-refractivity contribution in [3.8, 4) is 0 Å². The van der Waals surface area contributed by atoms with Crippen LogP contribution in [0.25, 0.3) is 5.57 Å². The number of likely N-dealkylation sites (N-methyl/N-ethyl adjacent to an activating group) is 1. The number of allylic oxidation sites excluding steroid dienone is 3. The number of hydrogen-bond donors (Lipinski definition) is 2. The molecule has 2 amide bonds. The minimum absolute atomic E-state index is 0.0324. The monoisotopic (exact) mass is 541 g/mol. The van der Waals surface area contributed by atoms with Crippen molar-refractivity contribution in [2.45, 2.75) is 63.7 Å². The molecular weight excluding hydrogens is 505 g/mol. The Morgan fingerprint density at radius 1 is 1.26 bits per heavy atom. The van der Waals surface area contributed by atoms with Crippen molar-refractivity contribution in [2.75, 3.05) is 26.8 Å². The van der Waals surface area contributed by atoms with Crippen LogP contribution in [0.4, 0.5) is 4.39 Å². The average molecular weight is 542 g/mol. The van der Waals surface area contributed by atoms with Gasteiger partial charge in [0.15, 0.2) is 0 Å². The Morgan fingerprint density at radius 2 is 2.05 bits per heavy atom. The number of dihydropyridines is 1. The van der Waals surface area contributed by atoms with E-state index in [2.05, 4.69) is 15.6 Å². The topological polar surface area (TPSA) is 95.9 Å². The number of ether oxygens (including phenoxy) is 1. The van der Waals surface area contributed by atoms with Gasteiger partial charge in [-0.3, -0.25) is 14.6 Å². The fourth-order valence-corrected chi connectivity index (χ4v) is 6.72. The molecule has 1 aromatic heterocycles. The van der Waals surface area contributed by atoms with Crippen LogP contribution in [0.2, 0.25) is 0 Å². The second-order valence-corrected chi connectivity index (χ2v) is 11.4. The first-order chi connectivity index (χ1) is 18.4. The number of thiazole rings is 1. The Morgan fingerprint density at radius 3 is 2.82 bits per heavy atom. The lowest BCUT2D eigenvalue weighted by atomic mass is 9.84. The third kappa shape index (κ3) is 5.53. The van der Waals surface area contributed by atoms with Crippen molar-refractivity contribution >= 4 is 34.4 Å². The van der Waals surface area contributed by atoms with Crippen LogP contribution >= 0.6 is 11.3 Å². The largest absolute Gasteiger partial charge is 0.381 e. The predicted octanol–water partition coefficient (Wildman–Crippen LogP) is 3.59. The standard InChI is InChI=1S/C28H36FN5O3S/c1-16-13-20(21-14-19(29)6-7-22(21)31-16)23-15-38-27(32-23)24-5-4-10-34(24)28(36)25(18-8-11-37-12-9-18)33-26(35)17(2)30-3/h6-7,13-15,17-18,21-22,24-25,30H,4-5,8-12H2,1-3H3,(H,33,35)/t17-,21?,22?,24-,25-/m0/s1. The number of nitrogens with zero attached hydrogens (tertiary/aromatic N) is 3. The van der Waals surface area contributed by atoms with E-state index in [9.17, 15) is 14.0 Å². The van der Waals surface area contributed by atoms with Crippen molar-refractivity contribution in [3.63, 3.8) is 0 Å². The first-order valence-corrected chi connectivity index (χ1v) is 14.4. The zero-order valence-electron chi connectivity index (χ0n) is 22.2. The van der Waals surface area contributed by atoms with E-state index in [1.807, 2.05) is 23.3 Å². The fourth-order valence-electron chi connectivity index (χ4n) is 5.75. The quantitative estimate of drug-likeness (QED) is 0.550. The van der Waals surface area contributed by atoms with Crippen LogP contribution in [0.3, 0.4) is 0 Å². The number of amides is 2.